The molecule has 1 N–H and O–H groups in total. The maximum atomic E-state index is 5.87. The number of halogens is 2. The minimum absolute atomic E-state index is 0.669. The van der Waals surface area contributed by atoms with Gasteiger partial charge in [-0.3, -0.25) is 0 Å². The van der Waals surface area contributed by atoms with Gasteiger partial charge in [-0.15, -0.1) is 12.3 Å². The molecule has 15 heavy (non-hydrogen) atoms. The number of hydrogen-bond donors (Lipinski definition) is 1. The van der Waals surface area contributed by atoms with Crippen molar-refractivity contribution in [3.05, 3.63) is 33.8 Å². The second-order valence-electron chi connectivity index (χ2n) is 3.26. The van der Waals surface area contributed by atoms with Crippen LogP contribution in [0.2, 0.25) is 10.0 Å². The summed E-state index contributed by atoms with van der Waals surface area (Å²) in [6.07, 6.45) is 6.95. The number of hydrogen-bond acceptors (Lipinski definition) is 1. The van der Waals surface area contributed by atoms with Gasteiger partial charge in [-0.2, -0.15) is 0 Å². The van der Waals surface area contributed by atoms with Crippen LogP contribution in [0.1, 0.15) is 18.4 Å². The zero-order valence-corrected chi connectivity index (χ0v) is 9.91. The Hall–Kier alpha value is -0.680. The lowest BCUT2D eigenvalue weighted by atomic mass is 10.2. The van der Waals surface area contributed by atoms with Crippen molar-refractivity contribution in [3.63, 3.8) is 0 Å². The van der Waals surface area contributed by atoms with Crippen LogP contribution in [0.5, 0.6) is 0 Å². The number of nitrogens with one attached hydrogen (secondary N) is 1. The minimum Gasteiger partial charge on any atom is -0.313 e. The van der Waals surface area contributed by atoms with Crippen molar-refractivity contribution in [3.8, 4) is 12.3 Å². The lowest BCUT2D eigenvalue weighted by Gasteiger charge is -2.04. The van der Waals surface area contributed by atoms with Crippen molar-refractivity contribution >= 4 is 23.2 Å². The standard InChI is InChI=1S/C12H13Cl2N/c1-2-3-4-5-15-9-10-6-11(13)8-12(14)7-10/h1,6-8,15H,3-5,9H2. The number of terminal acetylenes is 1. The summed E-state index contributed by atoms with van der Waals surface area (Å²) in [5, 5.41) is 4.62. The molecule has 1 rings (SSSR count). The van der Waals surface area contributed by atoms with E-state index in [2.05, 4.69) is 11.2 Å². The van der Waals surface area contributed by atoms with Gasteiger partial charge < -0.3 is 5.32 Å². The first kappa shape index (κ1) is 12.4. The van der Waals surface area contributed by atoms with Gasteiger partial charge in [0.2, 0.25) is 0 Å². The molecule has 80 valence electrons. The molecule has 0 aliphatic heterocycles. The van der Waals surface area contributed by atoms with E-state index in [9.17, 15) is 0 Å². The molecule has 0 spiro atoms. The fourth-order valence-electron chi connectivity index (χ4n) is 1.26. The van der Waals surface area contributed by atoms with Gasteiger partial charge in [0, 0.05) is 23.0 Å². The molecule has 0 radical (unpaired) electrons. The van der Waals surface area contributed by atoms with Gasteiger partial charge in [-0.1, -0.05) is 23.2 Å². The molecule has 0 aliphatic rings. The Bertz CT molecular complexity index is 335. The first-order valence-corrected chi connectivity index (χ1v) is 5.57. The van der Waals surface area contributed by atoms with Crippen LogP contribution in [0.15, 0.2) is 18.2 Å². The summed E-state index contributed by atoms with van der Waals surface area (Å²) in [5.74, 6) is 2.60. The van der Waals surface area contributed by atoms with E-state index >= 15 is 0 Å². The highest BCUT2D eigenvalue weighted by atomic mass is 35.5. The van der Waals surface area contributed by atoms with Crippen molar-refractivity contribution < 1.29 is 0 Å². The highest BCUT2D eigenvalue weighted by Gasteiger charge is 1.97. The molecular formula is C12H13Cl2N. The molecule has 0 heterocycles. The van der Waals surface area contributed by atoms with E-state index in [-0.39, 0.29) is 0 Å². The average molecular weight is 242 g/mol. The second kappa shape index (κ2) is 6.74. The van der Waals surface area contributed by atoms with E-state index in [0.717, 1.165) is 31.5 Å². The molecule has 0 aromatic heterocycles. The quantitative estimate of drug-likeness (QED) is 0.615. The third-order valence-corrected chi connectivity index (χ3v) is 2.36. The number of unbranched alkanes of at least 4 members (excludes halogenated alkanes) is 1. The molecule has 0 fully saturated rings. The summed E-state index contributed by atoms with van der Waals surface area (Å²) in [5.41, 5.74) is 1.09. The molecule has 0 bridgehead atoms. The van der Waals surface area contributed by atoms with Crippen molar-refractivity contribution in [1.82, 2.24) is 5.32 Å². The van der Waals surface area contributed by atoms with E-state index in [1.54, 1.807) is 6.07 Å². The van der Waals surface area contributed by atoms with Crippen LogP contribution in [-0.4, -0.2) is 6.54 Å². The first-order chi connectivity index (χ1) is 7.22. The van der Waals surface area contributed by atoms with Crippen LogP contribution in [-0.2, 0) is 6.54 Å². The topological polar surface area (TPSA) is 12.0 Å². The van der Waals surface area contributed by atoms with Gasteiger partial charge >= 0.3 is 0 Å². The second-order valence-corrected chi connectivity index (χ2v) is 4.14. The molecular weight excluding hydrogens is 229 g/mol. The zero-order valence-electron chi connectivity index (χ0n) is 8.39. The van der Waals surface area contributed by atoms with Gasteiger partial charge in [0.15, 0.2) is 0 Å². The van der Waals surface area contributed by atoms with E-state index in [1.807, 2.05) is 12.1 Å². The summed E-state index contributed by atoms with van der Waals surface area (Å²) in [6.45, 7) is 1.68. The van der Waals surface area contributed by atoms with E-state index in [1.165, 1.54) is 0 Å². The fraction of sp³-hybridized carbons (Fsp3) is 0.333. The van der Waals surface area contributed by atoms with E-state index in [4.69, 9.17) is 29.6 Å². The molecule has 0 aliphatic carbocycles. The highest BCUT2D eigenvalue weighted by Crippen LogP contribution is 2.18. The van der Waals surface area contributed by atoms with Crippen LogP contribution < -0.4 is 5.32 Å². The van der Waals surface area contributed by atoms with Gasteiger partial charge in [-0.25, -0.2) is 0 Å². The lowest BCUT2D eigenvalue weighted by molar-refractivity contribution is 0.659. The van der Waals surface area contributed by atoms with Crippen LogP contribution in [0.25, 0.3) is 0 Å². The van der Waals surface area contributed by atoms with Crippen molar-refractivity contribution in [1.29, 1.82) is 0 Å². The SMILES string of the molecule is C#CCCCNCc1cc(Cl)cc(Cl)c1. The average Bonchev–Trinajstić information content (AvgIpc) is 2.16. The Morgan fingerprint density at radius 2 is 1.87 bits per heavy atom. The number of rotatable bonds is 5. The molecule has 0 atom stereocenters. The summed E-state index contributed by atoms with van der Waals surface area (Å²) < 4.78 is 0. The van der Waals surface area contributed by atoms with Crippen LogP contribution in [0.3, 0.4) is 0 Å². The van der Waals surface area contributed by atoms with Crippen LogP contribution in [0, 0.1) is 12.3 Å². The maximum absolute atomic E-state index is 5.87. The third-order valence-electron chi connectivity index (χ3n) is 1.93. The Labute approximate surface area is 101 Å². The molecule has 0 saturated heterocycles. The Morgan fingerprint density at radius 3 is 2.47 bits per heavy atom. The zero-order chi connectivity index (χ0) is 11.1. The van der Waals surface area contributed by atoms with Gasteiger partial charge in [0.1, 0.15) is 0 Å². The van der Waals surface area contributed by atoms with Gasteiger partial charge in [-0.05, 0) is 36.7 Å². The Morgan fingerprint density at radius 1 is 1.20 bits per heavy atom. The summed E-state index contributed by atoms with van der Waals surface area (Å²) in [7, 11) is 0. The summed E-state index contributed by atoms with van der Waals surface area (Å²) in [4.78, 5) is 0. The first-order valence-electron chi connectivity index (χ1n) is 4.81. The largest absolute Gasteiger partial charge is 0.313 e. The fourth-order valence-corrected chi connectivity index (χ4v) is 1.83. The summed E-state index contributed by atoms with van der Waals surface area (Å²) in [6, 6.07) is 5.54. The smallest absolute Gasteiger partial charge is 0.0424 e. The Balaban J connectivity index is 2.34. The highest BCUT2D eigenvalue weighted by molar-refractivity contribution is 6.34. The van der Waals surface area contributed by atoms with Crippen LogP contribution >= 0.6 is 23.2 Å². The van der Waals surface area contributed by atoms with Crippen LogP contribution in [0.4, 0.5) is 0 Å². The van der Waals surface area contributed by atoms with Crippen molar-refractivity contribution in [2.45, 2.75) is 19.4 Å². The normalized spacial score (nSPS) is 9.93. The third kappa shape index (κ3) is 5.09. The summed E-state index contributed by atoms with van der Waals surface area (Å²) >= 11 is 11.7. The van der Waals surface area contributed by atoms with Crippen molar-refractivity contribution in [2.75, 3.05) is 6.54 Å². The molecule has 1 aromatic carbocycles. The predicted molar refractivity (Wildman–Crippen MR) is 66.2 cm³/mol. The van der Waals surface area contributed by atoms with Gasteiger partial charge in [0.05, 0.1) is 0 Å². The Kier molecular flexibility index (Phi) is 5.57. The monoisotopic (exact) mass is 241 g/mol. The van der Waals surface area contributed by atoms with Gasteiger partial charge in [0.25, 0.3) is 0 Å². The van der Waals surface area contributed by atoms with Crippen molar-refractivity contribution in [2.24, 2.45) is 0 Å². The molecule has 0 amide bonds. The predicted octanol–water partition coefficient (Wildman–Crippen LogP) is 3.50. The van der Waals surface area contributed by atoms with E-state index in [0.29, 0.717) is 10.0 Å². The lowest BCUT2D eigenvalue weighted by Crippen LogP contribution is -2.14. The maximum Gasteiger partial charge on any atom is 0.0424 e. The molecule has 0 saturated carbocycles. The minimum atomic E-state index is 0.669. The molecule has 3 heteroatoms. The molecule has 0 unspecified atom stereocenters. The molecule has 1 aromatic rings. The molecule has 1 nitrogen and oxygen atoms in total. The van der Waals surface area contributed by atoms with E-state index < -0.39 is 0 Å². The number of benzene rings is 1.